The number of hydrogen-bond donors (Lipinski definition) is 1. The molecule has 0 aliphatic rings. The Bertz CT molecular complexity index is 322. The maximum atomic E-state index is 11.4. The van der Waals surface area contributed by atoms with Crippen molar-refractivity contribution in [2.75, 3.05) is 7.05 Å². The Morgan fingerprint density at radius 2 is 2.43 bits per heavy atom. The lowest BCUT2D eigenvalue weighted by atomic mass is 10.3. The molecule has 0 saturated heterocycles. The van der Waals surface area contributed by atoms with Gasteiger partial charge in [-0.15, -0.1) is 11.3 Å². The first kappa shape index (κ1) is 11.1. The molecule has 0 fully saturated rings. The number of thiazole rings is 1. The quantitative estimate of drug-likeness (QED) is 0.806. The van der Waals surface area contributed by atoms with Gasteiger partial charge in [-0.3, -0.25) is 4.79 Å². The minimum Gasteiger partial charge on any atom is -0.338 e. The fourth-order valence-corrected chi connectivity index (χ4v) is 1.75. The van der Waals surface area contributed by atoms with E-state index in [-0.39, 0.29) is 5.91 Å². The minimum absolute atomic E-state index is 0.0596. The Morgan fingerprint density at radius 1 is 1.79 bits per heavy atom. The summed E-state index contributed by atoms with van der Waals surface area (Å²) in [6, 6.07) is -0.445. The highest BCUT2D eigenvalue weighted by Gasteiger charge is 2.14. The number of likely N-dealkylation sites (N-methyl/N-ethyl adjacent to an activating group) is 1. The molecule has 2 N–H and O–H groups in total. The van der Waals surface area contributed by atoms with E-state index in [9.17, 15) is 4.79 Å². The van der Waals surface area contributed by atoms with E-state index >= 15 is 0 Å². The van der Waals surface area contributed by atoms with E-state index in [0.717, 1.165) is 10.7 Å². The highest BCUT2D eigenvalue weighted by molar-refractivity contribution is 7.09. The Morgan fingerprint density at radius 3 is 2.86 bits per heavy atom. The van der Waals surface area contributed by atoms with Crippen molar-refractivity contribution < 1.29 is 4.79 Å². The van der Waals surface area contributed by atoms with Crippen LogP contribution in [0.3, 0.4) is 0 Å². The van der Waals surface area contributed by atoms with Crippen LogP contribution < -0.4 is 5.73 Å². The van der Waals surface area contributed by atoms with Crippen LogP contribution in [0.5, 0.6) is 0 Å². The molecule has 4 nitrogen and oxygen atoms in total. The Kier molecular flexibility index (Phi) is 3.60. The second-order valence-electron chi connectivity index (χ2n) is 3.34. The average molecular weight is 213 g/mol. The van der Waals surface area contributed by atoms with Crippen LogP contribution in [0.4, 0.5) is 0 Å². The largest absolute Gasteiger partial charge is 0.338 e. The lowest BCUT2D eigenvalue weighted by Gasteiger charge is -2.17. The van der Waals surface area contributed by atoms with Crippen LogP contribution >= 0.6 is 11.3 Å². The first-order valence-electron chi connectivity index (χ1n) is 4.42. The fraction of sp³-hybridized carbons (Fsp3) is 0.556. The van der Waals surface area contributed by atoms with Crippen molar-refractivity contribution in [3.63, 3.8) is 0 Å². The van der Waals surface area contributed by atoms with Crippen molar-refractivity contribution in [3.8, 4) is 0 Å². The van der Waals surface area contributed by atoms with Crippen LogP contribution in [0, 0.1) is 6.92 Å². The Hall–Kier alpha value is -0.940. The van der Waals surface area contributed by atoms with Crippen LogP contribution in [-0.4, -0.2) is 28.9 Å². The van der Waals surface area contributed by atoms with E-state index in [1.165, 1.54) is 0 Å². The number of nitrogens with zero attached hydrogens (tertiary/aromatic N) is 2. The van der Waals surface area contributed by atoms with Gasteiger partial charge < -0.3 is 10.6 Å². The fourth-order valence-electron chi connectivity index (χ4n) is 1.15. The molecule has 0 aliphatic carbocycles. The lowest BCUT2D eigenvalue weighted by molar-refractivity contribution is -0.131. The van der Waals surface area contributed by atoms with E-state index < -0.39 is 6.04 Å². The predicted molar refractivity (Wildman–Crippen MR) is 57.0 cm³/mol. The van der Waals surface area contributed by atoms with Crippen molar-refractivity contribution >= 4 is 17.2 Å². The number of carbonyl (C=O) groups excluding carboxylic acids is 1. The Labute approximate surface area is 87.7 Å². The van der Waals surface area contributed by atoms with E-state index in [1.54, 1.807) is 30.2 Å². The maximum absolute atomic E-state index is 11.4. The zero-order valence-electron chi connectivity index (χ0n) is 8.65. The molecule has 0 bridgehead atoms. The second-order valence-corrected chi connectivity index (χ2v) is 4.40. The molecule has 0 radical (unpaired) electrons. The zero-order valence-corrected chi connectivity index (χ0v) is 9.47. The molecule has 5 heteroatoms. The first-order chi connectivity index (χ1) is 6.50. The zero-order chi connectivity index (χ0) is 10.7. The van der Waals surface area contributed by atoms with Gasteiger partial charge in [0.15, 0.2) is 0 Å². The van der Waals surface area contributed by atoms with Gasteiger partial charge in [-0.25, -0.2) is 4.98 Å². The van der Waals surface area contributed by atoms with Gasteiger partial charge in [0.2, 0.25) is 5.91 Å². The van der Waals surface area contributed by atoms with Gasteiger partial charge in [-0.2, -0.15) is 0 Å². The molecular formula is C9H15N3OS. The third-order valence-electron chi connectivity index (χ3n) is 1.83. The van der Waals surface area contributed by atoms with Crippen LogP contribution in [0.1, 0.15) is 17.6 Å². The van der Waals surface area contributed by atoms with E-state index in [2.05, 4.69) is 4.98 Å². The number of carbonyl (C=O) groups is 1. The molecule has 1 aromatic rings. The highest BCUT2D eigenvalue weighted by Crippen LogP contribution is 2.09. The minimum atomic E-state index is -0.445. The summed E-state index contributed by atoms with van der Waals surface area (Å²) >= 11 is 1.59. The number of amides is 1. The molecule has 1 aromatic heterocycles. The van der Waals surface area contributed by atoms with Gasteiger partial charge in [0.1, 0.15) is 0 Å². The molecule has 14 heavy (non-hydrogen) atoms. The maximum Gasteiger partial charge on any atom is 0.239 e. The van der Waals surface area contributed by atoms with Crippen LogP contribution in [0.15, 0.2) is 5.38 Å². The van der Waals surface area contributed by atoms with Gasteiger partial charge in [0.25, 0.3) is 0 Å². The number of aromatic nitrogens is 1. The van der Waals surface area contributed by atoms with E-state index in [1.807, 2.05) is 12.3 Å². The third kappa shape index (κ3) is 2.78. The first-order valence-corrected chi connectivity index (χ1v) is 5.30. The van der Waals surface area contributed by atoms with Gasteiger partial charge in [0, 0.05) is 12.4 Å². The van der Waals surface area contributed by atoms with Crippen molar-refractivity contribution in [1.82, 2.24) is 9.88 Å². The summed E-state index contributed by atoms with van der Waals surface area (Å²) in [5.74, 6) is -0.0596. The molecule has 0 saturated carbocycles. The van der Waals surface area contributed by atoms with Crippen LogP contribution in [-0.2, 0) is 11.3 Å². The molecule has 1 unspecified atom stereocenters. The summed E-state index contributed by atoms with van der Waals surface area (Å²) in [7, 11) is 1.74. The molecule has 1 atom stereocenters. The van der Waals surface area contributed by atoms with E-state index in [0.29, 0.717) is 6.54 Å². The number of hydrogen-bond acceptors (Lipinski definition) is 4. The van der Waals surface area contributed by atoms with Crippen molar-refractivity contribution in [3.05, 3.63) is 16.1 Å². The summed E-state index contributed by atoms with van der Waals surface area (Å²) in [5, 5.41) is 2.97. The van der Waals surface area contributed by atoms with Gasteiger partial charge in [0.05, 0.1) is 23.3 Å². The smallest absolute Gasteiger partial charge is 0.239 e. The van der Waals surface area contributed by atoms with Crippen molar-refractivity contribution in [2.24, 2.45) is 5.73 Å². The van der Waals surface area contributed by atoms with Gasteiger partial charge in [-0.1, -0.05) is 0 Å². The molecule has 0 spiro atoms. The average Bonchev–Trinajstić information content (AvgIpc) is 2.49. The summed E-state index contributed by atoms with van der Waals surface area (Å²) in [4.78, 5) is 17.3. The lowest BCUT2D eigenvalue weighted by Crippen LogP contribution is -2.39. The van der Waals surface area contributed by atoms with Crippen LogP contribution in [0.25, 0.3) is 0 Å². The topological polar surface area (TPSA) is 59.2 Å². The summed E-state index contributed by atoms with van der Waals surface area (Å²) in [6.45, 7) is 4.16. The monoisotopic (exact) mass is 213 g/mol. The SMILES string of the molecule is Cc1nc(CN(C)C(=O)C(C)N)cs1. The number of rotatable bonds is 3. The summed E-state index contributed by atoms with van der Waals surface area (Å²) < 4.78 is 0. The predicted octanol–water partition coefficient (Wildman–Crippen LogP) is 0.757. The normalized spacial score (nSPS) is 12.6. The molecule has 0 aromatic carbocycles. The van der Waals surface area contributed by atoms with E-state index in [4.69, 9.17) is 5.73 Å². The molecule has 1 rings (SSSR count). The van der Waals surface area contributed by atoms with Gasteiger partial charge >= 0.3 is 0 Å². The molecule has 0 aliphatic heterocycles. The number of aryl methyl sites for hydroxylation is 1. The highest BCUT2D eigenvalue weighted by atomic mass is 32.1. The molecule has 78 valence electrons. The Balaban J connectivity index is 2.57. The molecular weight excluding hydrogens is 198 g/mol. The van der Waals surface area contributed by atoms with Gasteiger partial charge in [-0.05, 0) is 13.8 Å². The second kappa shape index (κ2) is 4.52. The standard InChI is InChI=1S/C9H15N3OS/c1-6(10)9(13)12(3)4-8-5-14-7(2)11-8/h5-6H,4,10H2,1-3H3. The third-order valence-corrected chi connectivity index (χ3v) is 2.65. The summed E-state index contributed by atoms with van der Waals surface area (Å²) in [5.41, 5.74) is 6.41. The van der Waals surface area contributed by atoms with Crippen molar-refractivity contribution in [1.29, 1.82) is 0 Å². The molecule has 1 amide bonds. The van der Waals surface area contributed by atoms with Crippen LogP contribution in [0.2, 0.25) is 0 Å². The number of nitrogens with two attached hydrogens (primary N) is 1. The summed E-state index contributed by atoms with van der Waals surface area (Å²) in [6.07, 6.45) is 0. The van der Waals surface area contributed by atoms with Crippen molar-refractivity contribution in [2.45, 2.75) is 26.4 Å². The molecule has 1 heterocycles.